The van der Waals surface area contributed by atoms with E-state index in [2.05, 4.69) is 27.7 Å². The van der Waals surface area contributed by atoms with Gasteiger partial charge in [0.05, 0.1) is 6.10 Å². The molecule has 2 rings (SSSR count). The molecule has 0 heterocycles. The Balaban J connectivity index is 1.95. The number of fused-ring (bicyclic) bond motifs is 2. The van der Waals surface area contributed by atoms with E-state index in [-0.39, 0.29) is 23.0 Å². The van der Waals surface area contributed by atoms with E-state index in [1.807, 2.05) is 0 Å². The van der Waals surface area contributed by atoms with Gasteiger partial charge in [-0.25, -0.2) is 0 Å². The highest BCUT2D eigenvalue weighted by Crippen LogP contribution is 2.69. The molecule has 2 aliphatic rings. The average Bonchev–Trinajstić information content (AvgIpc) is 2.75. The van der Waals surface area contributed by atoms with Crippen LogP contribution >= 0.6 is 0 Å². The topological polar surface area (TPSA) is 57.5 Å². The van der Waals surface area contributed by atoms with Gasteiger partial charge in [-0.1, -0.05) is 53.4 Å². The molecule has 2 saturated carbocycles. The number of Topliss-reactive ketones (excluding diaryl/α,β-unsaturated/α-hetero) is 1. The fourth-order valence-electron chi connectivity index (χ4n) is 4.99. The minimum Gasteiger partial charge on any atom is -0.393 e. The van der Waals surface area contributed by atoms with E-state index >= 15 is 0 Å². The van der Waals surface area contributed by atoms with Crippen LogP contribution in [0.1, 0.15) is 85.5 Å². The zero-order valence-corrected chi connectivity index (χ0v) is 14.8. The van der Waals surface area contributed by atoms with Crippen LogP contribution in [0.5, 0.6) is 0 Å². The third-order valence-corrected chi connectivity index (χ3v) is 7.16. The van der Waals surface area contributed by atoms with Gasteiger partial charge in [-0.2, -0.15) is 0 Å². The molecule has 3 heteroatoms. The van der Waals surface area contributed by atoms with Crippen LogP contribution in [0, 0.1) is 16.7 Å². The van der Waals surface area contributed by atoms with Crippen molar-refractivity contribution in [2.75, 3.05) is 0 Å². The highest BCUT2D eigenvalue weighted by molar-refractivity contribution is 5.89. The Morgan fingerprint density at radius 1 is 1.23 bits per heavy atom. The van der Waals surface area contributed by atoms with Gasteiger partial charge in [0.25, 0.3) is 0 Å². The predicted molar refractivity (Wildman–Crippen MR) is 88.6 cm³/mol. The number of hydrogen-bond donors (Lipinski definition) is 2. The van der Waals surface area contributed by atoms with Crippen LogP contribution in [0.15, 0.2) is 0 Å². The zero-order chi connectivity index (χ0) is 16.6. The molecule has 0 amide bonds. The van der Waals surface area contributed by atoms with Gasteiger partial charge >= 0.3 is 0 Å². The summed E-state index contributed by atoms with van der Waals surface area (Å²) in [6.45, 7) is 8.62. The van der Waals surface area contributed by atoms with E-state index in [0.29, 0.717) is 18.8 Å². The van der Waals surface area contributed by atoms with Crippen LogP contribution < -0.4 is 0 Å². The maximum atomic E-state index is 12.7. The van der Waals surface area contributed by atoms with Gasteiger partial charge in [-0.05, 0) is 37.0 Å². The van der Waals surface area contributed by atoms with Crippen molar-refractivity contribution in [2.45, 2.75) is 97.2 Å². The lowest BCUT2D eigenvalue weighted by molar-refractivity contribution is -0.157. The minimum absolute atomic E-state index is 0.00346. The quantitative estimate of drug-likeness (QED) is 0.669. The third kappa shape index (κ3) is 2.65. The van der Waals surface area contributed by atoms with Crippen molar-refractivity contribution < 1.29 is 15.0 Å². The maximum Gasteiger partial charge on any atom is 0.167 e. The van der Waals surface area contributed by atoms with E-state index < -0.39 is 11.7 Å². The Kier molecular flexibility index (Phi) is 5.09. The number of carbonyl (C=O) groups excluding carboxylic acids is 1. The Morgan fingerprint density at radius 3 is 2.41 bits per heavy atom. The van der Waals surface area contributed by atoms with Crippen molar-refractivity contribution in [3.63, 3.8) is 0 Å². The first-order valence-corrected chi connectivity index (χ1v) is 9.13. The van der Waals surface area contributed by atoms with Crippen molar-refractivity contribution in [3.8, 4) is 0 Å². The van der Waals surface area contributed by atoms with Crippen LogP contribution in [0.3, 0.4) is 0 Å². The van der Waals surface area contributed by atoms with E-state index in [1.165, 1.54) is 12.8 Å². The van der Waals surface area contributed by atoms with Crippen LogP contribution in [-0.4, -0.2) is 27.7 Å². The molecule has 22 heavy (non-hydrogen) atoms. The summed E-state index contributed by atoms with van der Waals surface area (Å²) in [5, 5.41) is 21.3. The van der Waals surface area contributed by atoms with E-state index in [0.717, 1.165) is 25.7 Å². The number of carbonyl (C=O) groups is 1. The molecule has 0 aromatic rings. The Labute approximate surface area is 135 Å². The fraction of sp³-hybridized carbons (Fsp3) is 0.947. The SMILES string of the molecule is CCCCCC[C@H](O)CC(=O)[C@@]1(O)C[C@H]2CC[C@]1(C)C2(C)C. The standard InChI is InChI=1S/C19H34O3/c1-5-6-7-8-9-15(20)12-16(21)19(22)13-14-10-11-18(19,4)17(14,2)3/h14-15,20,22H,5-13H2,1-4H3/t14-,15+,18-,19+/m1/s1. The zero-order valence-electron chi connectivity index (χ0n) is 14.8. The van der Waals surface area contributed by atoms with Gasteiger partial charge in [0.15, 0.2) is 5.78 Å². The van der Waals surface area contributed by atoms with Crippen molar-refractivity contribution in [1.29, 1.82) is 0 Å². The number of aliphatic hydroxyl groups is 2. The largest absolute Gasteiger partial charge is 0.393 e. The molecule has 0 aromatic carbocycles. The Morgan fingerprint density at radius 2 is 1.91 bits per heavy atom. The highest BCUT2D eigenvalue weighted by Gasteiger charge is 2.70. The van der Waals surface area contributed by atoms with Gasteiger partial charge in [0.1, 0.15) is 5.60 Å². The van der Waals surface area contributed by atoms with Crippen molar-refractivity contribution in [3.05, 3.63) is 0 Å². The van der Waals surface area contributed by atoms with Crippen LogP contribution in [0.2, 0.25) is 0 Å². The molecule has 2 aliphatic carbocycles. The molecule has 0 radical (unpaired) electrons. The summed E-state index contributed by atoms with van der Waals surface area (Å²) in [6.07, 6.45) is 7.22. The molecule has 3 nitrogen and oxygen atoms in total. The number of aliphatic hydroxyl groups excluding tert-OH is 1. The number of hydrogen-bond acceptors (Lipinski definition) is 3. The second kappa shape index (κ2) is 6.24. The van der Waals surface area contributed by atoms with Gasteiger partial charge < -0.3 is 10.2 Å². The van der Waals surface area contributed by atoms with Gasteiger partial charge in [-0.15, -0.1) is 0 Å². The summed E-state index contributed by atoms with van der Waals surface area (Å²) < 4.78 is 0. The van der Waals surface area contributed by atoms with Gasteiger partial charge in [0.2, 0.25) is 0 Å². The first-order valence-electron chi connectivity index (χ1n) is 9.13. The fourth-order valence-corrected chi connectivity index (χ4v) is 4.99. The molecule has 0 aliphatic heterocycles. The first kappa shape index (κ1) is 17.9. The molecule has 0 saturated heterocycles. The first-order chi connectivity index (χ1) is 10.2. The summed E-state index contributed by atoms with van der Waals surface area (Å²) in [5.41, 5.74) is -1.57. The van der Waals surface area contributed by atoms with Crippen LogP contribution in [-0.2, 0) is 4.79 Å². The monoisotopic (exact) mass is 310 g/mol. The third-order valence-electron chi connectivity index (χ3n) is 7.16. The minimum atomic E-state index is -1.23. The molecule has 2 bridgehead atoms. The van der Waals surface area contributed by atoms with E-state index in [9.17, 15) is 15.0 Å². The van der Waals surface area contributed by atoms with E-state index in [4.69, 9.17) is 0 Å². The Hall–Kier alpha value is -0.410. The van der Waals surface area contributed by atoms with Crippen LogP contribution in [0.4, 0.5) is 0 Å². The molecule has 128 valence electrons. The van der Waals surface area contributed by atoms with Crippen molar-refractivity contribution in [1.82, 2.24) is 0 Å². The second-order valence-electron chi connectivity index (χ2n) is 8.48. The van der Waals surface area contributed by atoms with Crippen molar-refractivity contribution in [2.24, 2.45) is 16.7 Å². The van der Waals surface area contributed by atoms with Crippen molar-refractivity contribution >= 4 is 5.78 Å². The summed E-state index contributed by atoms with van der Waals surface area (Å²) in [5.74, 6) is 0.293. The highest BCUT2D eigenvalue weighted by atomic mass is 16.3. The maximum absolute atomic E-state index is 12.7. The van der Waals surface area contributed by atoms with Gasteiger partial charge in [-0.3, -0.25) is 4.79 Å². The molecule has 0 unspecified atom stereocenters. The second-order valence-corrected chi connectivity index (χ2v) is 8.48. The summed E-state index contributed by atoms with van der Waals surface area (Å²) in [4.78, 5) is 12.7. The molecule has 4 atom stereocenters. The Bertz CT molecular complexity index is 417. The van der Waals surface area contributed by atoms with Gasteiger partial charge in [0, 0.05) is 11.8 Å². The average molecular weight is 310 g/mol. The molecule has 0 aromatic heterocycles. The van der Waals surface area contributed by atoms with E-state index in [1.54, 1.807) is 0 Å². The lowest BCUT2D eigenvalue weighted by atomic mass is 9.62. The normalized spacial score (nSPS) is 37.5. The lowest BCUT2D eigenvalue weighted by Gasteiger charge is -2.44. The number of unbranched alkanes of at least 4 members (excludes halogenated alkanes) is 3. The summed E-state index contributed by atoms with van der Waals surface area (Å²) >= 11 is 0. The number of ketones is 1. The molecular weight excluding hydrogens is 276 g/mol. The smallest absolute Gasteiger partial charge is 0.167 e. The molecule has 2 fully saturated rings. The summed E-state index contributed by atoms with van der Waals surface area (Å²) in [6, 6.07) is 0. The molecule has 2 N–H and O–H groups in total. The number of rotatable bonds is 8. The van der Waals surface area contributed by atoms with Crippen LogP contribution in [0.25, 0.3) is 0 Å². The molecule has 0 spiro atoms. The lowest BCUT2D eigenvalue weighted by Crippen LogP contribution is -2.53. The molecular formula is C19H34O3. The summed E-state index contributed by atoms with van der Waals surface area (Å²) in [7, 11) is 0. The predicted octanol–water partition coefficient (Wildman–Crippen LogP) is 3.85.